The molecule has 0 unspecified atom stereocenters. The predicted molar refractivity (Wildman–Crippen MR) is 82.3 cm³/mol. The van der Waals surface area contributed by atoms with Crippen LogP contribution < -0.4 is 4.74 Å². The van der Waals surface area contributed by atoms with E-state index in [1.54, 1.807) is 0 Å². The molecule has 1 heterocycles. The van der Waals surface area contributed by atoms with Crippen molar-refractivity contribution in [3.63, 3.8) is 0 Å². The van der Waals surface area contributed by atoms with Crippen LogP contribution in [0.2, 0.25) is 0 Å². The van der Waals surface area contributed by atoms with Crippen LogP contribution in [0.4, 0.5) is 4.39 Å². The van der Waals surface area contributed by atoms with Gasteiger partial charge < -0.3 is 9.15 Å². The Morgan fingerprint density at radius 2 is 2.19 bits per heavy atom. The number of aromatic nitrogens is 1. The summed E-state index contributed by atoms with van der Waals surface area (Å²) >= 11 is 0. The van der Waals surface area contributed by atoms with E-state index in [4.69, 9.17) is 9.15 Å². The molecule has 0 spiro atoms. The van der Waals surface area contributed by atoms with E-state index in [1.165, 1.54) is 0 Å². The Kier molecular flexibility index (Phi) is 5.37. The number of oxazole rings is 1. The molecule has 0 amide bonds. The lowest BCUT2D eigenvalue weighted by Crippen LogP contribution is -2.01. The minimum atomic E-state index is 0.260. The largest absolute Gasteiger partial charge is 0.489 e. The van der Waals surface area contributed by atoms with E-state index in [2.05, 4.69) is 11.9 Å². The zero-order chi connectivity index (χ0) is 15.2. The average Bonchev–Trinajstić information content (AvgIpc) is 2.87. The highest BCUT2D eigenvalue weighted by molar-refractivity contribution is 5.76. The molecule has 21 heavy (non-hydrogen) atoms. The molecular formula is C17H22FNO2. The summed E-state index contributed by atoms with van der Waals surface area (Å²) in [5.74, 6) is 1.48. The van der Waals surface area contributed by atoms with Crippen LogP contribution in [-0.2, 0) is 6.42 Å². The number of ether oxygens (including phenoxy) is 1. The van der Waals surface area contributed by atoms with Gasteiger partial charge in [0.2, 0.25) is 0 Å². The molecule has 0 radical (unpaired) electrons. The molecule has 0 atom stereocenters. The van der Waals surface area contributed by atoms with E-state index in [0.29, 0.717) is 24.1 Å². The van der Waals surface area contributed by atoms with Crippen LogP contribution in [0.3, 0.4) is 0 Å². The van der Waals surface area contributed by atoms with E-state index in [1.807, 2.05) is 26.0 Å². The van der Waals surface area contributed by atoms with Crippen molar-refractivity contribution in [2.75, 3.05) is 6.61 Å². The third-order valence-corrected chi connectivity index (χ3v) is 3.50. The Hall–Kier alpha value is -1.84. The standard InChI is InChI=1S/C17H22FNO2/c1-4-6-7-17-19-14-8-12(3)15(9-16(14)21-17)20-11-13(5-2)10-18/h8-10H,4-7,11H2,1-3H3/b13-10+. The van der Waals surface area contributed by atoms with Crippen molar-refractivity contribution >= 4 is 11.1 Å². The first-order valence-corrected chi connectivity index (χ1v) is 7.48. The normalized spacial score (nSPS) is 12.1. The van der Waals surface area contributed by atoms with E-state index in [0.717, 1.165) is 41.8 Å². The lowest BCUT2D eigenvalue weighted by Gasteiger charge is -2.09. The molecule has 3 nitrogen and oxygen atoms in total. The van der Waals surface area contributed by atoms with Gasteiger partial charge in [-0.1, -0.05) is 20.3 Å². The summed E-state index contributed by atoms with van der Waals surface area (Å²) in [6.45, 7) is 6.26. The lowest BCUT2D eigenvalue weighted by atomic mass is 10.2. The van der Waals surface area contributed by atoms with Crippen molar-refractivity contribution in [2.45, 2.75) is 46.5 Å². The first kappa shape index (κ1) is 15.5. The minimum absolute atomic E-state index is 0.260. The molecule has 0 N–H and O–H groups in total. The van der Waals surface area contributed by atoms with Crippen LogP contribution >= 0.6 is 0 Å². The Morgan fingerprint density at radius 1 is 1.38 bits per heavy atom. The number of hydrogen-bond donors (Lipinski definition) is 0. The zero-order valence-corrected chi connectivity index (χ0v) is 12.9. The summed E-state index contributed by atoms with van der Waals surface area (Å²) in [4.78, 5) is 4.49. The number of unbranched alkanes of at least 4 members (excludes halogenated alkanes) is 1. The number of nitrogens with zero attached hydrogens (tertiary/aromatic N) is 1. The third-order valence-electron chi connectivity index (χ3n) is 3.50. The van der Waals surface area contributed by atoms with Crippen LogP contribution in [0.1, 0.15) is 44.6 Å². The van der Waals surface area contributed by atoms with Gasteiger partial charge in [0.25, 0.3) is 0 Å². The average molecular weight is 291 g/mol. The maximum Gasteiger partial charge on any atom is 0.195 e. The summed E-state index contributed by atoms with van der Waals surface area (Å²) < 4.78 is 24.0. The molecule has 0 bridgehead atoms. The van der Waals surface area contributed by atoms with Gasteiger partial charge in [0.1, 0.15) is 17.9 Å². The first-order chi connectivity index (χ1) is 10.2. The summed E-state index contributed by atoms with van der Waals surface area (Å²) in [6, 6.07) is 3.80. The van der Waals surface area contributed by atoms with Crippen molar-refractivity contribution < 1.29 is 13.5 Å². The van der Waals surface area contributed by atoms with Gasteiger partial charge in [0, 0.05) is 12.5 Å². The number of hydrogen-bond acceptors (Lipinski definition) is 3. The number of aryl methyl sites for hydroxylation is 2. The number of benzene rings is 1. The molecule has 1 aromatic heterocycles. The second-order valence-corrected chi connectivity index (χ2v) is 5.21. The lowest BCUT2D eigenvalue weighted by molar-refractivity contribution is 0.343. The smallest absolute Gasteiger partial charge is 0.195 e. The van der Waals surface area contributed by atoms with Crippen molar-refractivity contribution in [2.24, 2.45) is 0 Å². The maximum absolute atomic E-state index is 12.6. The fourth-order valence-corrected chi connectivity index (χ4v) is 2.08. The second-order valence-electron chi connectivity index (χ2n) is 5.21. The Morgan fingerprint density at radius 3 is 2.86 bits per heavy atom. The van der Waals surface area contributed by atoms with Gasteiger partial charge in [-0.25, -0.2) is 9.37 Å². The minimum Gasteiger partial charge on any atom is -0.489 e. The second kappa shape index (κ2) is 7.25. The summed E-state index contributed by atoms with van der Waals surface area (Å²) in [6.07, 6.45) is 4.29. The van der Waals surface area contributed by atoms with Crippen LogP contribution in [0.25, 0.3) is 11.1 Å². The molecule has 2 aromatic rings. The molecular weight excluding hydrogens is 269 g/mol. The number of halogens is 1. The SMILES string of the molecule is CCCCc1nc2cc(C)c(OC/C(=C/F)CC)cc2o1. The number of rotatable bonds is 7. The zero-order valence-electron chi connectivity index (χ0n) is 12.9. The van der Waals surface area contributed by atoms with Gasteiger partial charge in [0.15, 0.2) is 11.5 Å². The highest BCUT2D eigenvalue weighted by atomic mass is 19.1. The van der Waals surface area contributed by atoms with E-state index in [9.17, 15) is 4.39 Å². The Balaban J connectivity index is 2.18. The van der Waals surface area contributed by atoms with Crippen LogP contribution in [0.15, 0.2) is 28.5 Å². The molecule has 0 aliphatic heterocycles. The molecule has 2 rings (SSSR count). The van der Waals surface area contributed by atoms with Gasteiger partial charge >= 0.3 is 0 Å². The molecule has 1 aromatic carbocycles. The van der Waals surface area contributed by atoms with Gasteiger partial charge in [0.05, 0.1) is 6.33 Å². The highest BCUT2D eigenvalue weighted by Gasteiger charge is 2.10. The topological polar surface area (TPSA) is 35.3 Å². The predicted octanol–water partition coefficient (Wildman–Crippen LogP) is 5.12. The summed E-state index contributed by atoms with van der Waals surface area (Å²) in [5, 5.41) is 0. The Labute approximate surface area is 124 Å². The van der Waals surface area contributed by atoms with Gasteiger partial charge in [-0.05, 0) is 37.0 Å². The quantitative estimate of drug-likeness (QED) is 0.710. The van der Waals surface area contributed by atoms with Gasteiger partial charge in [-0.3, -0.25) is 0 Å². The molecule has 114 valence electrons. The fourth-order valence-electron chi connectivity index (χ4n) is 2.08. The first-order valence-electron chi connectivity index (χ1n) is 7.48. The van der Waals surface area contributed by atoms with Gasteiger partial charge in [-0.15, -0.1) is 0 Å². The van der Waals surface area contributed by atoms with E-state index >= 15 is 0 Å². The monoisotopic (exact) mass is 291 g/mol. The highest BCUT2D eigenvalue weighted by Crippen LogP contribution is 2.27. The third kappa shape index (κ3) is 3.84. The van der Waals surface area contributed by atoms with Crippen molar-refractivity contribution in [1.29, 1.82) is 0 Å². The number of fused-ring (bicyclic) bond motifs is 1. The molecule has 4 heteroatoms. The van der Waals surface area contributed by atoms with Crippen LogP contribution in [-0.4, -0.2) is 11.6 Å². The van der Waals surface area contributed by atoms with E-state index in [-0.39, 0.29) is 6.61 Å². The summed E-state index contributed by atoms with van der Waals surface area (Å²) in [7, 11) is 0. The van der Waals surface area contributed by atoms with E-state index < -0.39 is 0 Å². The van der Waals surface area contributed by atoms with Crippen LogP contribution in [0, 0.1) is 6.92 Å². The maximum atomic E-state index is 12.6. The molecule has 0 aliphatic carbocycles. The van der Waals surface area contributed by atoms with Crippen molar-refractivity contribution in [3.05, 3.63) is 35.5 Å². The molecule has 0 aliphatic rings. The van der Waals surface area contributed by atoms with Crippen LogP contribution in [0.5, 0.6) is 5.75 Å². The van der Waals surface area contributed by atoms with Crippen molar-refractivity contribution in [3.8, 4) is 5.75 Å². The van der Waals surface area contributed by atoms with Gasteiger partial charge in [-0.2, -0.15) is 0 Å². The fraction of sp³-hybridized carbons (Fsp3) is 0.471. The Bertz CT molecular complexity index is 631. The molecule has 0 fully saturated rings. The molecule has 0 saturated carbocycles. The van der Waals surface area contributed by atoms with Crippen molar-refractivity contribution in [1.82, 2.24) is 4.98 Å². The molecule has 0 saturated heterocycles. The summed E-state index contributed by atoms with van der Waals surface area (Å²) in [5.41, 5.74) is 3.19.